The summed E-state index contributed by atoms with van der Waals surface area (Å²) in [4.78, 5) is 14.7. The molecule has 0 radical (unpaired) electrons. The van der Waals surface area contributed by atoms with Gasteiger partial charge in [0, 0.05) is 23.7 Å². The topological polar surface area (TPSA) is 59.4 Å². The smallest absolute Gasteiger partial charge is 0.303 e. The maximum Gasteiger partial charge on any atom is 0.303 e. The Balaban J connectivity index is 2.31. The summed E-state index contributed by atoms with van der Waals surface area (Å²) in [5.41, 5.74) is 0.851. The molecule has 0 fully saturated rings. The molecule has 4 nitrogen and oxygen atoms in total. The molecule has 0 spiro atoms. The Labute approximate surface area is 151 Å². The number of carboxylic acids is 1. The molecule has 1 atom stereocenters. The first-order chi connectivity index (χ1) is 12.3. The van der Waals surface area contributed by atoms with E-state index >= 15 is 0 Å². The minimum Gasteiger partial charge on any atom is -0.481 e. The van der Waals surface area contributed by atoms with Gasteiger partial charge in [-0.25, -0.2) is 13.8 Å². The van der Waals surface area contributed by atoms with Gasteiger partial charge in [0.15, 0.2) is 0 Å². The van der Waals surface area contributed by atoms with Crippen molar-refractivity contribution in [1.82, 2.24) is 4.98 Å². The van der Waals surface area contributed by atoms with Crippen LogP contribution in [0.15, 0.2) is 30.5 Å². The predicted molar refractivity (Wildman–Crippen MR) is 95.3 cm³/mol. The summed E-state index contributed by atoms with van der Waals surface area (Å²) in [6.45, 7) is 5.39. The van der Waals surface area contributed by atoms with Crippen LogP contribution in [0.3, 0.4) is 0 Å². The number of carboxylic acid groups (broad SMARTS) is 1. The van der Waals surface area contributed by atoms with Gasteiger partial charge >= 0.3 is 5.97 Å². The number of aliphatic carboxylic acids is 1. The van der Waals surface area contributed by atoms with Crippen molar-refractivity contribution < 1.29 is 23.4 Å². The molecule has 1 aromatic carbocycles. The molecule has 1 heterocycles. The van der Waals surface area contributed by atoms with Gasteiger partial charge < -0.3 is 9.84 Å². The second-order valence-corrected chi connectivity index (χ2v) is 6.56. The summed E-state index contributed by atoms with van der Waals surface area (Å²) in [6, 6.07) is 5.93. The molecule has 1 aromatic heterocycles. The zero-order valence-electron chi connectivity index (χ0n) is 15.1. The lowest BCUT2D eigenvalue weighted by molar-refractivity contribution is -0.137. The highest BCUT2D eigenvalue weighted by atomic mass is 19.1. The monoisotopic (exact) mass is 363 g/mol. The third-order valence-corrected chi connectivity index (χ3v) is 4.03. The number of nitrogens with zero attached hydrogens (tertiary/aromatic N) is 1. The van der Waals surface area contributed by atoms with Crippen molar-refractivity contribution in [3.8, 4) is 17.0 Å². The van der Waals surface area contributed by atoms with Crippen molar-refractivity contribution in [2.75, 3.05) is 0 Å². The lowest BCUT2D eigenvalue weighted by atomic mass is 9.92. The van der Waals surface area contributed by atoms with Crippen LogP contribution in [0.4, 0.5) is 8.78 Å². The van der Waals surface area contributed by atoms with Gasteiger partial charge in [-0.05, 0) is 62.4 Å². The number of rotatable bonds is 8. The van der Waals surface area contributed by atoms with Gasteiger partial charge in [-0.1, -0.05) is 6.92 Å². The van der Waals surface area contributed by atoms with Gasteiger partial charge in [-0.2, -0.15) is 0 Å². The molecule has 26 heavy (non-hydrogen) atoms. The minimum absolute atomic E-state index is 0.0166. The second-order valence-electron chi connectivity index (χ2n) is 6.56. The summed E-state index contributed by atoms with van der Waals surface area (Å²) in [7, 11) is 0. The number of aromatic nitrogens is 1. The van der Waals surface area contributed by atoms with Crippen LogP contribution >= 0.6 is 0 Å². The molecule has 140 valence electrons. The molecule has 0 amide bonds. The van der Waals surface area contributed by atoms with Crippen molar-refractivity contribution in [2.24, 2.45) is 0 Å². The van der Waals surface area contributed by atoms with Crippen LogP contribution in [0.5, 0.6) is 5.88 Å². The molecule has 0 aliphatic heterocycles. The van der Waals surface area contributed by atoms with E-state index in [1.807, 2.05) is 13.8 Å². The van der Waals surface area contributed by atoms with Crippen molar-refractivity contribution >= 4 is 5.97 Å². The number of carbonyl (C=O) groups is 1. The fourth-order valence-electron chi connectivity index (χ4n) is 2.84. The van der Waals surface area contributed by atoms with E-state index in [1.165, 1.54) is 12.1 Å². The van der Waals surface area contributed by atoms with Crippen LogP contribution in [0, 0.1) is 11.6 Å². The van der Waals surface area contributed by atoms with Gasteiger partial charge in [0.1, 0.15) is 11.6 Å². The largest absolute Gasteiger partial charge is 0.481 e. The number of ether oxygens (including phenoxy) is 1. The number of hydrogen-bond acceptors (Lipinski definition) is 3. The first kappa shape index (κ1) is 19.8. The Morgan fingerprint density at radius 3 is 2.46 bits per heavy atom. The van der Waals surface area contributed by atoms with Crippen molar-refractivity contribution in [3.63, 3.8) is 0 Å². The molecule has 2 aromatic rings. The lowest BCUT2D eigenvalue weighted by Crippen LogP contribution is -2.08. The molecule has 6 heteroatoms. The highest BCUT2D eigenvalue weighted by molar-refractivity contribution is 5.69. The molecular weight excluding hydrogens is 340 g/mol. The summed E-state index contributed by atoms with van der Waals surface area (Å²) in [5.74, 6) is -2.31. The van der Waals surface area contributed by atoms with Crippen molar-refractivity contribution in [3.05, 3.63) is 47.7 Å². The SMILES string of the molecule is CC(C)Oc1ncccc1-c1cc(F)c(C(C)CCCC(=O)O)c(F)c1. The molecule has 1 unspecified atom stereocenters. The van der Waals surface area contributed by atoms with Crippen LogP contribution in [-0.2, 0) is 4.79 Å². The molecule has 1 N–H and O–H groups in total. The number of pyridine rings is 1. The van der Waals surface area contributed by atoms with E-state index in [0.717, 1.165) is 0 Å². The molecule has 0 aliphatic carbocycles. The van der Waals surface area contributed by atoms with Gasteiger partial charge in [0.25, 0.3) is 0 Å². The van der Waals surface area contributed by atoms with Gasteiger partial charge in [-0.15, -0.1) is 0 Å². The van der Waals surface area contributed by atoms with E-state index in [9.17, 15) is 13.6 Å². The van der Waals surface area contributed by atoms with E-state index in [0.29, 0.717) is 29.8 Å². The Hall–Kier alpha value is -2.50. The molecule has 0 saturated carbocycles. The maximum absolute atomic E-state index is 14.6. The molecule has 0 aliphatic rings. The predicted octanol–water partition coefficient (Wildman–Crippen LogP) is 5.17. The fraction of sp³-hybridized carbons (Fsp3) is 0.400. The quantitative estimate of drug-likeness (QED) is 0.703. The first-order valence-corrected chi connectivity index (χ1v) is 8.62. The number of benzene rings is 1. The van der Waals surface area contributed by atoms with Crippen LogP contribution in [0.25, 0.3) is 11.1 Å². The van der Waals surface area contributed by atoms with E-state index in [4.69, 9.17) is 9.84 Å². The average molecular weight is 363 g/mol. The van der Waals surface area contributed by atoms with E-state index in [-0.39, 0.29) is 18.1 Å². The van der Waals surface area contributed by atoms with Gasteiger partial charge in [-0.3, -0.25) is 4.79 Å². The second kappa shape index (κ2) is 8.74. The fourth-order valence-corrected chi connectivity index (χ4v) is 2.84. The Bertz CT molecular complexity index is 754. The number of hydrogen-bond donors (Lipinski definition) is 1. The summed E-state index contributed by atoms with van der Waals surface area (Å²) in [6.07, 6.45) is 2.19. The van der Waals surface area contributed by atoms with Gasteiger partial charge in [0.2, 0.25) is 5.88 Å². The van der Waals surface area contributed by atoms with Crippen LogP contribution < -0.4 is 4.74 Å². The Morgan fingerprint density at radius 1 is 1.23 bits per heavy atom. The van der Waals surface area contributed by atoms with E-state index < -0.39 is 23.5 Å². The normalized spacial score (nSPS) is 12.2. The number of halogens is 2. The third-order valence-electron chi connectivity index (χ3n) is 4.03. The molecule has 0 saturated heterocycles. The van der Waals surface area contributed by atoms with Crippen molar-refractivity contribution in [2.45, 2.75) is 52.1 Å². The zero-order valence-corrected chi connectivity index (χ0v) is 15.1. The first-order valence-electron chi connectivity index (χ1n) is 8.62. The van der Waals surface area contributed by atoms with Crippen molar-refractivity contribution in [1.29, 1.82) is 0 Å². The standard InChI is InChI=1S/C20H23F2NO3/c1-12(2)26-20-15(7-5-9-23-20)14-10-16(21)19(17(22)11-14)13(3)6-4-8-18(24)25/h5,7,9-13H,4,6,8H2,1-3H3,(H,24,25). The molecule has 2 rings (SSSR count). The maximum atomic E-state index is 14.6. The summed E-state index contributed by atoms with van der Waals surface area (Å²) in [5, 5.41) is 8.69. The Kier molecular flexibility index (Phi) is 6.66. The highest BCUT2D eigenvalue weighted by Crippen LogP contribution is 2.34. The van der Waals surface area contributed by atoms with E-state index in [2.05, 4.69) is 4.98 Å². The lowest BCUT2D eigenvalue weighted by Gasteiger charge is -2.16. The highest BCUT2D eigenvalue weighted by Gasteiger charge is 2.20. The summed E-state index contributed by atoms with van der Waals surface area (Å²) < 4.78 is 34.8. The Morgan fingerprint density at radius 2 is 1.88 bits per heavy atom. The van der Waals surface area contributed by atoms with Crippen LogP contribution in [-0.4, -0.2) is 22.2 Å². The average Bonchev–Trinajstić information content (AvgIpc) is 2.53. The third kappa shape index (κ3) is 5.00. The molecule has 0 bridgehead atoms. The van der Waals surface area contributed by atoms with E-state index in [1.54, 1.807) is 25.3 Å². The minimum atomic E-state index is -0.914. The van der Waals surface area contributed by atoms with Gasteiger partial charge in [0.05, 0.1) is 6.10 Å². The zero-order chi connectivity index (χ0) is 19.3. The van der Waals surface area contributed by atoms with Crippen LogP contribution in [0.1, 0.15) is 51.5 Å². The molecular formula is C20H23F2NO3. The summed E-state index contributed by atoms with van der Waals surface area (Å²) >= 11 is 0. The van der Waals surface area contributed by atoms with Crippen LogP contribution in [0.2, 0.25) is 0 Å².